The van der Waals surface area contributed by atoms with Crippen molar-refractivity contribution in [2.45, 2.75) is 39.2 Å². The number of benzene rings is 1. The third-order valence-corrected chi connectivity index (χ3v) is 5.28. The predicted octanol–water partition coefficient (Wildman–Crippen LogP) is 0.772. The monoisotopic (exact) mass is 414 g/mol. The van der Waals surface area contributed by atoms with Gasteiger partial charge in [0.25, 0.3) is 5.56 Å². The summed E-state index contributed by atoms with van der Waals surface area (Å²) in [5.41, 5.74) is 0.127. The third-order valence-electron chi connectivity index (χ3n) is 5.28. The van der Waals surface area contributed by atoms with E-state index in [2.05, 4.69) is 15.5 Å². The van der Waals surface area contributed by atoms with Crippen LogP contribution in [0, 0.1) is 5.92 Å². The highest BCUT2D eigenvalue weighted by Gasteiger charge is 2.30. The van der Waals surface area contributed by atoms with Crippen molar-refractivity contribution in [3.63, 3.8) is 0 Å². The van der Waals surface area contributed by atoms with Gasteiger partial charge in [0, 0.05) is 18.5 Å². The summed E-state index contributed by atoms with van der Waals surface area (Å²) in [6.45, 7) is 4.66. The number of fused-ring (bicyclic) bond motifs is 1. The maximum atomic E-state index is 12.7. The lowest BCUT2D eigenvalue weighted by Crippen LogP contribution is -2.50. The fourth-order valence-corrected chi connectivity index (χ4v) is 3.68. The molecule has 0 spiro atoms. The molecule has 1 aliphatic rings. The molecule has 0 aliphatic carbocycles. The zero-order valence-corrected chi connectivity index (χ0v) is 17.1. The number of aromatic amines is 1. The minimum Gasteiger partial charge on any atom is -0.466 e. The fraction of sp³-hybridized carbons (Fsp3) is 0.476. The number of piperidine rings is 1. The van der Waals surface area contributed by atoms with Crippen molar-refractivity contribution in [1.29, 1.82) is 0 Å². The van der Waals surface area contributed by atoms with Crippen molar-refractivity contribution in [2.24, 2.45) is 5.92 Å². The first kappa shape index (κ1) is 21.5. The Balaban J connectivity index is 1.56. The normalized spacial score (nSPS) is 15.6. The lowest BCUT2D eigenvalue weighted by Gasteiger charge is -2.32. The van der Waals surface area contributed by atoms with Crippen molar-refractivity contribution in [3.05, 3.63) is 40.3 Å². The van der Waals surface area contributed by atoms with Gasteiger partial charge in [0.2, 0.25) is 11.8 Å². The first-order valence-electron chi connectivity index (χ1n) is 10.1. The van der Waals surface area contributed by atoms with E-state index >= 15 is 0 Å². The molecule has 2 heterocycles. The second kappa shape index (κ2) is 9.51. The van der Waals surface area contributed by atoms with Gasteiger partial charge >= 0.3 is 5.97 Å². The summed E-state index contributed by atoms with van der Waals surface area (Å²) in [6, 6.07) is 6.22. The Hall–Kier alpha value is -3.23. The van der Waals surface area contributed by atoms with Crippen molar-refractivity contribution in [3.8, 4) is 0 Å². The Labute approximate surface area is 173 Å². The van der Waals surface area contributed by atoms with E-state index in [1.807, 2.05) is 0 Å². The average molecular weight is 414 g/mol. The summed E-state index contributed by atoms with van der Waals surface area (Å²) in [7, 11) is 0. The van der Waals surface area contributed by atoms with Gasteiger partial charge in [0.1, 0.15) is 6.04 Å². The van der Waals surface area contributed by atoms with E-state index in [4.69, 9.17) is 4.74 Å². The van der Waals surface area contributed by atoms with Gasteiger partial charge in [-0.25, -0.2) is 5.10 Å². The number of likely N-dealkylation sites (tertiary alicyclic amines) is 1. The Bertz CT molecular complexity index is 994. The maximum absolute atomic E-state index is 12.7. The first-order valence-corrected chi connectivity index (χ1v) is 10.1. The number of nitrogens with zero attached hydrogens (tertiary/aromatic N) is 2. The largest absolute Gasteiger partial charge is 0.466 e. The highest BCUT2D eigenvalue weighted by atomic mass is 16.5. The molecule has 160 valence electrons. The summed E-state index contributed by atoms with van der Waals surface area (Å²) in [4.78, 5) is 50.5. The van der Waals surface area contributed by atoms with Crippen LogP contribution in [0.4, 0.5) is 0 Å². The molecule has 1 unspecified atom stereocenters. The summed E-state index contributed by atoms with van der Waals surface area (Å²) in [5, 5.41) is 10.2. The van der Waals surface area contributed by atoms with Gasteiger partial charge in [-0.05, 0) is 32.8 Å². The highest BCUT2D eigenvalue weighted by Crippen LogP contribution is 2.19. The Kier molecular flexibility index (Phi) is 6.81. The van der Waals surface area contributed by atoms with Gasteiger partial charge < -0.3 is 15.0 Å². The Morgan fingerprint density at radius 2 is 1.90 bits per heavy atom. The van der Waals surface area contributed by atoms with Crippen LogP contribution in [-0.2, 0) is 25.5 Å². The van der Waals surface area contributed by atoms with Crippen LogP contribution in [-0.4, -0.2) is 58.6 Å². The van der Waals surface area contributed by atoms with E-state index in [0.29, 0.717) is 49.0 Å². The summed E-state index contributed by atoms with van der Waals surface area (Å²) in [5.74, 6) is -0.947. The molecule has 2 amide bonds. The fourth-order valence-electron chi connectivity index (χ4n) is 3.68. The zero-order valence-electron chi connectivity index (χ0n) is 17.1. The number of carbonyl (C=O) groups excluding carboxylic acids is 3. The third kappa shape index (κ3) is 4.84. The molecule has 1 aromatic heterocycles. The number of hydrogen-bond donors (Lipinski definition) is 2. The van der Waals surface area contributed by atoms with E-state index in [1.165, 1.54) is 0 Å². The van der Waals surface area contributed by atoms with Gasteiger partial charge in [0.05, 0.1) is 30.0 Å². The minimum atomic E-state index is -0.703. The van der Waals surface area contributed by atoms with Crippen LogP contribution in [0.25, 0.3) is 10.8 Å². The molecule has 9 nitrogen and oxygen atoms in total. The Morgan fingerprint density at radius 3 is 2.57 bits per heavy atom. The van der Waals surface area contributed by atoms with Gasteiger partial charge in [-0.15, -0.1) is 0 Å². The lowest BCUT2D eigenvalue weighted by molar-refractivity contribution is -0.151. The molecule has 2 aromatic rings. The molecule has 2 N–H and O–H groups in total. The van der Waals surface area contributed by atoms with Crippen LogP contribution in [0.1, 0.15) is 32.4 Å². The lowest BCUT2D eigenvalue weighted by atomic mass is 9.96. The topological polar surface area (TPSA) is 121 Å². The quantitative estimate of drug-likeness (QED) is 0.674. The second-order valence-corrected chi connectivity index (χ2v) is 7.36. The number of nitrogens with one attached hydrogen (secondary N) is 2. The molecule has 0 bridgehead atoms. The molecule has 1 aromatic carbocycles. The minimum absolute atomic E-state index is 0.0557. The van der Waals surface area contributed by atoms with E-state index in [1.54, 1.807) is 43.0 Å². The van der Waals surface area contributed by atoms with Crippen LogP contribution in [0.15, 0.2) is 29.1 Å². The molecule has 0 radical (unpaired) electrons. The van der Waals surface area contributed by atoms with Crippen LogP contribution in [0.2, 0.25) is 0 Å². The molecule has 1 aliphatic heterocycles. The summed E-state index contributed by atoms with van der Waals surface area (Å²) < 4.78 is 5.04. The molecule has 30 heavy (non-hydrogen) atoms. The van der Waals surface area contributed by atoms with Gasteiger partial charge in [-0.3, -0.25) is 19.2 Å². The summed E-state index contributed by atoms with van der Waals surface area (Å²) in [6.07, 6.45) is 1.05. The first-order chi connectivity index (χ1) is 14.4. The van der Waals surface area contributed by atoms with Crippen LogP contribution < -0.4 is 10.9 Å². The van der Waals surface area contributed by atoms with Crippen molar-refractivity contribution >= 4 is 28.6 Å². The van der Waals surface area contributed by atoms with Crippen molar-refractivity contribution in [1.82, 2.24) is 20.4 Å². The van der Waals surface area contributed by atoms with Gasteiger partial charge in [-0.2, -0.15) is 5.10 Å². The highest BCUT2D eigenvalue weighted by molar-refractivity contribution is 5.91. The van der Waals surface area contributed by atoms with Crippen LogP contribution >= 0.6 is 0 Å². The number of rotatable bonds is 6. The van der Waals surface area contributed by atoms with Gasteiger partial charge in [0.15, 0.2) is 0 Å². The molecule has 1 saturated heterocycles. The molecule has 0 saturated carbocycles. The summed E-state index contributed by atoms with van der Waals surface area (Å²) >= 11 is 0. The standard InChI is InChI=1S/C21H26N4O5/c1-3-30-21(29)14-8-10-25(11-9-14)20(28)13(2)22-18(26)12-17-15-6-4-5-7-16(15)19(27)24-23-17/h4-7,13-14H,3,8-12H2,1-2H3,(H,22,26)(H,24,27). The molecular weight excluding hydrogens is 388 g/mol. The number of H-pyrrole nitrogens is 1. The number of hydrogen-bond acceptors (Lipinski definition) is 6. The SMILES string of the molecule is CCOC(=O)C1CCN(C(=O)C(C)NC(=O)Cc2n[nH]c(=O)c3ccccc23)CC1. The number of ether oxygens (including phenoxy) is 1. The molecule has 9 heteroatoms. The number of aromatic nitrogens is 2. The number of esters is 1. The van der Waals surface area contributed by atoms with E-state index < -0.39 is 6.04 Å². The molecule has 1 fully saturated rings. The van der Waals surface area contributed by atoms with E-state index in [-0.39, 0.29) is 35.7 Å². The van der Waals surface area contributed by atoms with E-state index in [0.717, 1.165) is 0 Å². The van der Waals surface area contributed by atoms with Crippen molar-refractivity contribution < 1.29 is 19.1 Å². The van der Waals surface area contributed by atoms with E-state index in [9.17, 15) is 19.2 Å². The molecule has 1 atom stereocenters. The maximum Gasteiger partial charge on any atom is 0.309 e. The van der Waals surface area contributed by atoms with Crippen LogP contribution in [0.5, 0.6) is 0 Å². The smallest absolute Gasteiger partial charge is 0.309 e. The molecule has 3 rings (SSSR count). The molecular formula is C21H26N4O5. The zero-order chi connectivity index (χ0) is 21.7. The van der Waals surface area contributed by atoms with Gasteiger partial charge in [-0.1, -0.05) is 18.2 Å². The average Bonchev–Trinajstić information content (AvgIpc) is 2.75. The predicted molar refractivity (Wildman–Crippen MR) is 110 cm³/mol. The Morgan fingerprint density at radius 1 is 1.23 bits per heavy atom. The van der Waals surface area contributed by atoms with Crippen LogP contribution in [0.3, 0.4) is 0 Å². The number of amides is 2. The van der Waals surface area contributed by atoms with Crippen molar-refractivity contribution in [2.75, 3.05) is 19.7 Å². The number of carbonyl (C=O) groups is 3. The second-order valence-electron chi connectivity index (χ2n) is 7.36.